The van der Waals surface area contributed by atoms with Gasteiger partial charge < -0.3 is 24.8 Å². The Bertz CT molecular complexity index is 916. The summed E-state index contributed by atoms with van der Waals surface area (Å²) in [5.74, 6) is -0.602. The summed E-state index contributed by atoms with van der Waals surface area (Å²) in [5.41, 5.74) is 1.81. The third kappa shape index (κ3) is 7.01. The first-order chi connectivity index (χ1) is 15.4. The summed E-state index contributed by atoms with van der Waals surface area (Å²) in [6.45, 7) is 4.10. The van der Waals surface area contributed by atoms with Gasteiger partial charge in [0.2, 0.25) is 5.91 Å². The number of hydrogen-bond acceptors (Lipinski definition) is 6. The molecule has 0 aromatic heterocycles. The summed E-state index contributed by atoms with van der Waals surface area (Å²) >= 11 is 0. The van der Waals surface area contributed by atoms with E-state index in [9.17, 15) is 14.4 Å². The number of esters is 1. The molecule has 0 saturated carbocycles. The SMILES string of the molecule is CC[C@H](C)[C@H](NC(=O)OCc1ccccc1)C(=O)NCc1ccc(OC)c(C(=O)OC)c1. The third-order valence-electron chi connectivity index (χ3n) is 5.12. The van der Waals surface area contributed by atoms with Crippen LogP contribution in [0.4, 0.5) is 4.79 Å². The summed E-state index contributed by atoms with van der Waals surface area (Å²) in [6, 6.07) is 13.5. The van der Waals surface area contributed by atoms with Crippen molar-refractivity contribution in [1.29, 1.82) is 0 Å². The zero-order valence-corrected chi connectivity index (χ0v) is 18.8. The van der Waals surface area contributed by atoms with E-state index in [1.54, 1.807) is 18.2 Å². The van der Waals surface area contributed by atoms with E-state index in [0.717, 1.165) is 5.56 Å². The number of amides is 2. The standard InChI is InChI=1S/C24H30N2O6/c1-5-16(2)21(26-24(29)32-15-17-9-7-6-8-10-17)22(27)25-14-18-11-12-20(30-3)19(13-18)23(28)31-4/h6-13,16,21H,5,14-15H2,1-4H3,(H,25,27)(H,26,29)/t16-,21-/m0/s1. The molecule has 0 radical (unpaired) electrons. The molecule has 2 amide bonds. The van der Waals surface area contributed by atoms with Gasteiger partial charge in [0.1, 0.15) is 24.0 Å². The topological polar surface area (TPSA) is 103 Å². The van der Waals surface area contributed by atoms with Gasteiger partial charge in [0, 0.05) is 6.54 Å². The van der Waals surface area contributed by atoms with Gasteiger partial charge in [-0.3, -0.25) is 4.79 Å². The summed E-state index contributed by atoms with van der Waals surface area (Å²) in [4.78, 5) is 37.1. The van der Waals surface area contributed by atoms with Crippen molar-refractivity contribution >= 4 is 18.0 Å². The van der Waals surface area contributed by atoms with Crippen molar-refractivity contribution in [1.82, 2.24) is 10.6 Å². The molecule has 0 aliphatic heterocycles. The Kier molecular flexibility index (Phi) is 9.53. The molecule has 0 aliphatic rings. The van der Waals surface area contributed by atoms with E-state index in [-0.39, 0.29) is 30.5 Å². The van der Waals surface area contributed by atoms with Crippen LogP contribution in [0.3, 0.4) is 0 Å². The predicted molar refractivity (Wildman–Crippen MR) is 119 cm³/mol. The summed E-state index contributed by atoms with van der Waals surface area (Å²) < 4.78 is 15.2. The first-order valence-electron chi connectivity index (χ1n) is 10.4. The van der Waals surface area contributed by atoms with Crippen molar-refractivity contribution < 1.29 is 28.6 Å². The smallest absolute Gasteiger partial charge is 0.408 e. The Morgan fingerprint density at radius 1 is 1.00 bits per heavy atom. The van der Waals surface area contributed by atoms with E-state index in [1.165, 1.54) is 14.2 Å². The minimum atomic E-state index is -0.762. The van der Waals surface area contributed by atoms with Gasteiger partial charge >= 0.3 is 12.1 Å². The second kappa shape index (κ2) is 12.3. The number of hydrogen-bond donors (Lipinski definition) is 2. The molecule has 2 atom stereocenters. The van der Waals surface area contributed by atoms with Crippen LogP contribution in [-0.2, 0) is 27.4 Å². The lowest BCUT2D eigenvalue weighted by Gasteiger charge is -2.23. The van der Waals surface area contributed by atoms with Crippen LogP contribution in [-0.4, -0.2) is 38.2 Å². The molecule has 0 fully saturated rings. The number of rotatable bonds is 10. The van der Waals surface area contributed by atoms with E-state index < -0.39 is 18.1 Å². The minimum absolute atomic E-state index is 0.110. The van der Waals surface area contributed by atoms with Crippen LogP contribution in [0, 0.1) is 5.92 Å². The quantitative estimate of drug-likeness (QED) is 0.547. The monoisotopic (exact) mass is 442 g/mol. The molecule has 0 heterocycles. The van der Waals surface area contributed by atoms with E-state index in [1.807, 2.05) is 44.2 Å². The van der Waals surface area contributed by atoms with Gasteiger partial charge in [-0.05, 0) is 29.2 Å². The Hall–Kier alpha value is -3.55. The molecule has 32 heavy (non-hydrogen) atoms. The fraction of sp³-hybridized carbons (Fsp3) is 0.375. The van der Waals surface area contributed by atoms with Crippen LogP contribution in [0.2, 0.25) is 0 Å². The molecule has 2 rings (SSSR count). The highest BCUT2D eigenvalue weighted by atomic mass is 16.5. The second-order valence-corrected chi connectivity index (χ2v) is 7.31. The van der Waals surface area contributed by atoms with E-state index in [4.69, 9.17) is 14.2 Å². The maximum atomic E-state index is 12.8. The molecular formula is C24H30N2O6. The molecule has 0 unspecified atom stereocenters. The molecule has 8 nitrogen and oxygen atoms in total. The van der Waals surface area contributed by atoms with E-state index in [2.05, 4.69) is 10.6 Å². The van der Waals surface area contributed by atoms with Crippen molar-refractivity contribution in [3.63, 3.8) is 0 Å². The predicted octanol–water partition coefficient (Wildman–Crippen LogP) is 3.44. The lowest BCUT2D eigenvalue weighted by atomic mass is 9.98. The van der Waals surface area contributed by atoms with Gasteiger partial charge in [0.15, 0.2) is 0 Å². The van der Waals surface area contributed by atoms with Crippen LogP contribution < -0.4 is 15.4 Å². The van der Waals surface area contributed by atoms with Crippen LogP contribution in [0.15, 0.2) is 48.5 Å². The van der Waals surface area contributed by atoms with Crippen molar-refractivity contribution in [2.24, 2.45) is 5.92 Å². The molecular weight excluding hydrogens is 412 g/mol. The van der Waals surface area contributed by atoms with E-state index in [0.29, 0.717) is 17.7 Å². The number of carbonyl (C=O) groups excluding carboxylic acids is 3. The molecule has 0 aliphatic carbocycles. The van der Waals surface area contributed by atoms with E-state index >= 15 is 0 Å². The fourth-order valence-electron chi connectivity index (χ4n) is 3.03. The largest absolute Gasteiger partial charge is 0.496 e. The number of benzene rings is 2. The van der Waals surface area contributed by atoms with Crippen molar-refractivity contribution in [2.45, 2.75) is 39.5 Å². The summed E-state index contributed by atoms with van der Waals surface area (Å²) in [7, 11) is 2.75. The van der Waals surface area contributed by atoms with Gasteiger partial charge in [0.25, 0.3) is 0 Å². The van der Waals surface area contributed by atoms with Crippen molar-refractivity contribution in [3.05, 3.63) is 65.2 Å². The molecule has 2 aromatic rings. The molecule has 172 valence electrons. The molecule has 8 heteroatoms. The van der Waals surface area contributed by atoms with Gasteiger partial charge in [-0.25, -0.2) is 9.59 Å². The minimum Gasteiger partial charge on any atom is -0.496 e. The average molecular weight is 443 g/mol. The van der Waals surface area contributed by atoms with Crippen molar-refractivity contribution in [2.75, 3.05) is 14.2 Å². The molecule has 0 spiro atoms. The van der Waals surface area contributed by atoms with Gasteiger partial charge in [-0.15, -0.1) is 0 Å². The molecule has 0 bridgehead atoms. The van der Waals surface area contributed by atoms with Gasteiger partial charge in [0.05, 0.1) is 14.2 Å². The van der Waals surface area contributed by atoms with Crippen molar-refractivity contribution in [3.8, 4) is 5.75 Å². The van der Waals surface area contributed by atoms with Crippen LogP contribution in [0.1, 0.15) is 41.8 Å². The number of carbonyl (C=O) groups is 3. The van der Waals surface area contributed by atoms with Gasteiger partial charge in [-0.2, -0.15) is 0 Å². The molecule has 2 aromatic carbocycles. The second-order valence-electron chi connectivity index (χ2n) is 7.31. The van der Waals surface area contributed by atoms with Crippen LogP contribution in [0.25, 0.3) is 0 Å². The highest BCUT2D eigenvalue weighted by molar-refractivity contribution is 5.92. The zero-order chi connectivity index (χ0) is 23.5. The maximum Gasteiger partial charge on any atom is 0.408 e. The fourth-order valence-corrected chi connectivity index (χ4v) is 3.03. The normalized spacial score (nSPS) is 12.2. The number of alkyl carbamates (subject to hydrolysis) is 1. The summed E-state index contributed by atoms with van der Waals surface area (Å²) in [6.07, 6.45) is 0.0261. The maximum absolute atomic E-state index is 12.8. The first-order valence-corrected chi connectivity index (χ1v) is 10.4. The lowest BCUT2D eigenvalue weighted by Crippen LogP contribution is -2.50. The van der Waals surface area contributed by atoms with Crippen LogP contribution in [0.5, 0.6) is 5.75 Å². The van der Waals surface area contributed by atoms with Gasteiger partial charge in [-0.1, -0.05) is 56.7 Å². The molecule has 0 saturated heterocycles. The first kappa shape index (κ1) is 24.7. The highest BCUT2D eigenvalue weighted by Crippen LogP contribution is 2.21. The average Bonchev–Trinajstić information content (AvgIpc) is 2.83. The number of methoxy groups -OCH3 is 2. The summed E-state index contributed by atoms with van der Waals surface area (Å²) in [5, 5.41) is 5.48. The zero-order valence-electron chi connectivity index (χ0n) is 18.8. The molecule has 2 N–H and O–H groups in total. The number of ether oxygens (including phenoxy) is 3. The third-order valence-corrected chi connectivity index (χ3v) is 5.12. The number of nitrogens with one attached hydrogen (secondary N) is 2. The Balaban J connectivity index is 2.00. The highest BCUT2D eigenvalue weighted by Gasteiger charge is 2.26. The Morgan fingerprint density at radius 2 is 1.72 bits per heavy atom. The Morgan fingerprint density at radius 3 is 2.34 bits per heavy atom. The lowest BCUT2D eigenvalue weighted by molar-refractivity contribution is -0.124. The Labute approximate surface area is 188 Å². The van der Waals surface area contributed by atoms with Crippen LogP contribution >= 0.6 is 0 Å².